The lowest BCUT2D eigenvalue weighted by atomic mass is 10.1. The van der Waals surface area contributed by atoms with Gasteiger partial charge in [-0.3, -0.25) is 0 Å². The van der Waals surface area contributed by atoms with E-state index in [1.54, 1.807) is 23.0 Å². The van der Waals surface area contributed by atoms with Crippen LogP contribution in [0, 0.1) is 0 Å². The molecule has 0 radical (unpaired) electrons. The highest BCUT2D eigenvalue weighted by Gasteiger charge is 2.21. The molecule has 0 fully saturated rings. The zero-order chi connectivity index (χ0) is 17.2. The maximum absolute atomic E-state index is 12.6. The number of hydrogen-bond donors (Lipinski definition) is 1. The molecule has 8 heteroatoms. The van der Waals surface area contributed by atoms with E-state index in [1.807, 2.05) is 24.1 Å². The topological polar surface area (TPSA) is 78.7 Å². The van der Waals surface area contributed by atoms with Crippen molar-refractivity contribution < 1.29 is 4.79 Å². The lowest BCUT2D eigenvalue weighted by molar-refractivity contribution is 0.197. The van der Waals surface area contributed by atoms with Crippen molar-refractivity contribution in [3.63, 3.8) is 0 Å². The first-order valence-corrected chi connectivity index (χ1v) is 8.19. The second-order valence-corrected chi connectivity index (χ2v) is 6.02. The smallest absolute Gasteiger partial charge is 0.318 e. The first-order chi connectivity index (χ1) is 12.2. The van der Waals surface area contributed by atoms with Crippen LogP contribution in [0.4, 0.5) is 10.5 Å². The summed E-state index contributed by atoms with van der Waals surface area (Å²) in [6, 6.07) is 9.85. The molecule has 0 atom stereocenters. The van der Waals surface area contributed by atoms with E-state index in [-0.39, 0.29) is 12.6 Å². The summed E-state index contributed by atoms with van der Waals surface area (Å²) in [4.78, 5) is 25.0. The number of anilines is 1. The van der Waals surface area contributed by atoms with E-state index >= 15 is 0 Å². The fraction of sp³-hybridized carbons (Fsp3) is 0.294. The van der Waals surface area contributed by atoms with Crippen LogP contribution < -0.4 is 10.2 Å². The first kappa shape index (κ1) is 15.4. The van der Waals surface area contributed by atoms with E-state index in [2.05, 4.69) is 37.4 Å². The lowest BCUT2D eigenvalue weighted by Crippen LogP contribution is -2.41. The maximum Gasteiger partial charge on any atom is 0.318 e. The Morgan fingerprint density at radius 2 is 2.12 bits per heavy atom. The van der Waals surface area contributed by atoms with Gasteiger partial charge in [0, 0.05) is 44.8 Å². The molecule has 0 saturated heterocycles. The number of hydrogen-bond acceptors (Lipinski definition) is 5. The lowest BCUT2D eigenvalue weighted by Gasteiger charge is -2.21. The van der Waals surface area contributed by atoms with Gasteiger partial charge in [-0.15, -0.1) is 5.10 Å². The summed E-state index contributed by atoms with van der Waals surface area (Å²) in [7, 11) is 2.05. The molecule has 2 amide bonds. The minimum absolute atomic E-state index is 0.114. The zero-order valence-corrected chi connectivity index (χ0v) is 14.0. The SMILES string of the molecule is CN1CCN(C(=O)NCc2nc3ncccn3n2)Cc2ccccc21. The number of amides is 2. The number of aromatic nitrogens is 4. The molecule has 3 aromatic rings. The van der Waals surface area contributed by atoms with E-state index in [1.165, 1.54) is 5.69 Å². The summed E-state index contributed by atoms with van der Waals surface area (Å²) in [5.74, 6) is 1.07. The molecule has 4 rings (SSSR count). The summed E-state index contributed by atoms with van der Waals surface area (Å²) >= 11 is 0. The van der Waals surface area contributed by atoms with E-state index in [0.29, 0.717) is 24.7 Å². The Bertz CT molecular complexity index is 874. The summed E-state index contributed by atoms with van der Waals surface area (Å²) in [6.07, 6.45) is 3.44. The van der Waals surface area contributed by atoms with Crippen molar-refractivity contribution in [1.29, 1.82) is 0 Å². The second-order valence-electron chi connectivity index (χ2n) is 6.02. The van der Waals surface area contributed by atoms with Crippen LogP contribution in [-0.2, 0) is 13.1 Å². The molecule has 1 N–H and O–H groups in total. The maximum atomic E-state index is 12.6. The van der Waals surface area contributed by atoms with Crippen LogP contribution in [0.3, 0.4) is 0 Å². The van der Waals surface area contributed by atoms with E-state index in [4.69, 9.17) is 0 Å². The van der Waals surface area contributed by atoms with E-state index in [9.17, 15) is 4.79 Å². The van der Waals surface area contributed by atoms with Crippen molar-refractivity contribution in [2.45, 2.75) is 13.1 Å². The molecule has 25 heavy (non-hydrogen) atoms. The highest BCUT2D eigenvalue weighted by molar-refractivity contribution is 5.75. The highest BCUT2D eigenvalue weighted by Crippen LogP contribution is 2.23. The molecular formula is C17H19N7O. The van der Waals surface area contributed by atoms with Crippen LogP contribution >= 0.6 is 0 Å². The molecular weight excluding hydrogens is 318 g/mol. The molecule has 1 aliphatic rings. The normalized spacial score (nSPS) is 14.3. The van der Waals surface area contributed by atoms with Crippen molar-refractivity contribution >= 4 is 17.5 Å². The molecule has 3 heterocycles. The number of carbonyl (C=O) groups excluding carboxylic acids is 1. The number of nitrogens with one attached hydrogen (secondary N) is 1. The average molecular weight is 337 g/mol. The van der Waals surface area contributed by atoms with Gasteiger partial charge in [0.1, 0.15) is 0 Å². The van der Waals surface area contributed by atoms with Crippen LogP contribution in [0.25, 0.3) is 5.78 Å². The van der Waals surface area contributed by atoms with Crippen molar-refractivity contribution in [2.24, 2.45) is 0 Å². The van der Waals surface area contributed by atoms with Crippen LogP contribution in [0.1, 0.15) is 11.4 Å². The molecule has 1 aromatic carbocycles. The molecule has 0 saturated carbocycles. The number of likely N-dealkylation sites (N-methyl/N-ethyl adjacent to an activating group) is 1. The van der Waals surface area contributed by atoms with Crippen molar-refractivity contribution in [1.82, 2.24) is 29.8 Å². The largest absolute Gasteiger partial charge is 0.373 e. The van der Waals surface area contributed by atoms with Crippen molar-refractivity contribution in [2.75, 3.05) is 25.0 Å². The van der Waals surface area contributed by atoms with Gasteiger partial charge in [-0.1, -0.05) is 18.2 Å². The minimum Gasteiger partial charge on any atom is -0.373 e. The third kappa shape index (κ3) is 3.10. The Kier molecular flexibility index (Phi) is 3.93. The van der Waals surface area contributed by atoms with Crippen LogP contribution in [0.2, 0.25) is 0 Å². The molecule has 0 bridgehead atoms. The fourth-order valence-corrected chi connectivity index (χ4v) is 2.98. The van der Waals surface area contributed by atoms with Gasteiger partial charge in [0.05, 0.1) is 6.54 Å². The fourth-order valence-electron chi connectivity index (χ4n) is 2.98. The molecule has 0 aliphatic carbocycles. The van der Waals surface area contributed by atoms with Gasteiger partial charge in [-0.2, -0.15) is 4.98 Å². The Balaban J connectivity index is 1.44. The number of urea groups is 1. The Morgan fingerprint density at radius 1 is 1.24 bits per heavy atom. The Morgan fingerprint density at radius 3 is 3.00 bits per heavy atom. The predicted octanol–water partition coefficient (Wildman–Crippen LogP) is 1.29. The highest BCUT2D eigenvalue weighted by atomic mass is 16.2. The quantitative estimate of drug-likeness (QED) is 0.762. The molecule has 1 aliphatic heterocycles. The number of rotatable bonds is 2. The number of para-hydroxylation sites is 1. The zero-order valence-electron chi connectivity index (χ0n) is 14.0. The van der Waals surface area contributed by atoms with Crippen molar-refractivity contribution in [3.05, 3.63) is 54.1 Å². The summed E-state index contributed by atoms with van der Waals surface area (Å²) in [5.41, 5.74) is 2.32. The standard InChI is InChI=1S/C17H19N7O/c1-22-9-10-23(12-13-5-2-3-6-14(13)22)17(25)19-11-15-20-16-18-7-4-8-24(16)21-15/h2-8H,9-12H2,1H3,(H,19,25). The van der Waals surface area contributed by atoms with E-state index in [0.717, 1.165) is 12.1 Å². The minimum atomic E-state index is -0.114. The number of fused-ring (bicyclic) bond motifs is 2. The van der Waals surface area contributed by atoms with Crippen LogP contribution in [0.5, 0.6) is 0 Å². The number of carbonyl (C=O) groups is 1. The summed E-state index contributed by atoms with van der Waals surface area (Å²) in [6.45, 7) is 2.32. The monoisotopic (exact) mass is 337 g/mol. The third-order valence-corrected chi connectivity index (χ3v) is 4.31. The van der Waals surface area contributed by atoms with Crippen molar-refractivity contribution in [3.8, 4) is 0 Å². The van der Waals surface area contributed by atoms with Gasteiger partial charge >= 0.3 is 6.03 Å². The predicted molar refractivity (Wildman–Crippen MR) is 93.1 cm³/mol. The Labute approximate surface area is 145 Å². The second kappa shape index (κ2) is 6.39. The Hall–Kier alpha value is -3.16. The number of benzene rings is 1. The van der Waals surface area contributed by atoms with Gasteiger partial charge in [-0.05, 0) is 17.7 Å². The molecule has 128 valence electrons. The molecule has 2 aromatic heterocycles. The number of nitrogens with zero attached hydrogens (tertiary/aromatic N) is 6. The first-order valence-electron chi connectivity index (χ1n) is 8.19. The van der Waals surface area contributed by atoms with Gasteiger partial charge < -0.3 is 15.1 Å². The van der Waals surface area contributed by atoms with Gasteiger partial charge in [0.2, 0.25) is 0 Å². The van der Waals surface area contributed by atoms with Gasteiger partial charge in [0.25, 0.3) is 5.78 Å². The molecule has 8 nitrogen and oxygen atoms in total. The third-order valence-electron chi connectivity index (χ3n) is 4.31. The summed E-state index contributed by atoms with van der Waals surface area (Å²) < 4.78 is 1.60. The molecule has 0 unspecified atom stereocenters. The van der Waals surface area contributed by atoms with Crippen LogP contribution in [0.15, 0.2) is 42.7 Å². The van der Waals surface area contributed by atoms with Crippen LogP contribution in [-0.4, -0.2) is 50.7 Å². The summed E-state index contributed by atoms with van der Waals surface area (Å²) in [5, 5.41) is 7.20. The van der Waals surface area contributed by atoms with Gasteiger partial charge in [0.15, 0.2) is 5.82 Å². The average Bonchev–Trinajstić information content (AvgIpc) is 2.98. The molecule has 0 spiro atoms. The van der Waals surface area contributed by atoms with Gasteiger partial charge in [-0.25, -0.2) is 14.3 Å². The van der Waals surface area contributed by atoms with E-state index < -0.39 is 0 Å².